The van der Waals surface area contributed by atoms with Crippen LogP contribution in [-0.2, 0) is 6.54 Å². The van der Waals surface area contributed by atoms with Crippen molar-refractivity contribution in [3.63, 3.8) is 0 Å². The van der Waals surface area contributed by atoms with Gasteiger partial charge in [-0.2, -0.15) is 0 Å². The number of carboxylic acid groups (broad SMARTS) is 1. The molecule has 1 aromatic carbocycles. The molecule has 0 radical (unpaired) electrons. The molecule has 0 bridgehead atoms. The van der Waals surface area contributed by atoms with Crippen molar-refractivity contribution in [2.24, 2.45) is 0 Å². The predicted octanol–water partition coefficient (Wildman–Crippen LogP) is 4.56. The summed E-state index contributed by atoms with van der Waals surface area (Å²) in [6, 6.07) is 14.1. The molecule has 0 unspecified atom stereocenters. The first kappa shape index (κ1) is 20.2. The third-order valence-electron chi connectivity index (χ3n) is 4.00. The Morgan fingerprint density at radius 3 is 2.62 bits per heavy atom. The topological polar surface area (TPSA) is 85.1 Å². The molecule has 0 aliphatic carbocycles. The maximum absolute atomic E-state index is 11.0. The summed E-state index contributed by atoms with van der Waals surface area (Å²) in [5, 5.41) is 11.4. The lowest BCUT2D eigenvalue weighted by Crippen LogP contribution is -2.02. The zero-order valence-corrected chi connectivity index (χ0v) is 16.5. The zero-order chi connectivity index (χ0) is 20.6. The average molecular weight is 405 g/mol. The van der Waals surface area contributed by atoms with E-state index in [9.17, 15) is 9.59 Å². The highest BCUT2D eigenvalue weighted by Crippen LogP contribution is 2.23. The molecule has 4 rings (SSSR count). The molecule has 0 spiro atoms. The molecular formula is C22H19N3O3S. The van der Waals surface area contributed by atoms with Crippen molar-refractivity contribution in [2.75, 3.05) is 0 Å². The molecule has 3 heterocycles. The quantitative estimate of drug-likeness (QED) is 0.492. The van der Waals surface area contributed by atoms with Crippen molar-refractivity contribution in [1.82, 2.24) is 14.5 Å². The Bertz CT molecular complexity index is 1090. The molecule has 6 nitrogen and oxygen atoms in total. The Hall–Kier alpha value is -3.58. The molecule has 0 atom stereocenters. The summed E-state index contributed by atoms with van der Waals surface area (Å²) in [6.07, 6.45) is 6.39. The highest BCUT2D eigenvalue weighted by Gasteiger charge is 2.08. The summed E-state index contributed by atoms with van der Waals surface area (Å²) >= 11 is 1.59. The SMILES string of the molecule is Cc1cc(C=O)n(Cc2csc(-c3cccnc3)n2)c1.O=C(O)c1ccccc1. The summed E-state index contributed by atoms with van der Waals surface area (Å²) in [5.74, 6) is -0.879. The van der Waals surface area contributed by atoms with Gasteiger partial charge in [0.15, 0.2) is 6.29 Å². The second-order valence-electron chi connectivity index (χ2n) is 6.24. The first-order valence-corrected chi connectivity index (χ1v) is 9.70. The van der Waals surface area contributed by atoms with Crippen LogP contribution in [0, 0.1) is 6.92 Å². The van der Waals surface area contributed by atoms with E-state index in [2.05, 4.69) is 9.97 Å². The second kappa shape index (κ2) is 9.57. The zero-order valence-electron chi connectivity index (χ0n) is 15.7. The van der Waals surface area contributed by atoms with E-state index in [1.165, 1.54) is 0 Å². The van der Waals surface area contributed by atoms with Crippen LogP contribution < -0.4 is 0 Å². The number of carbonyl (C=O) groups is 2. The Kier molecular flexibility index (Phi) is 6.65. The van der Waals surface area contributed by atoms with E-state index in [0.29, 0.717) is 17.8 Å². The molecule has 0 aliphatic rings. The van der Waals surface area contributed by atoms with Crippen LogP contribution in [0.4, 0.5) is 0 Å². The Balaban J connectivity index is 0.000000224. The van der Waals surface area contributed by atoms with Crippen molar-refractivity contribution in [2.45, 2.75) is 13.5 Å². The van der Waals surface area contributed by atoms with E-state index in [0.717, 1.165) is 28.1 Å². The molecule has 7 heteroatoms. The van der Waals surface area contributed by atoms with E-state index in [4.69, 9.17) is 5.11 Å². The minimum Gasteiger partial charge on any atom is -0.478 e. The minimum atomic E-state index is -0.879. The van der Waals surface area contributed by atoms with Gasteiger partial charge in [-0.1, -0.05) is 18.2 Å². The lowest BCUT2D eigenvalue weighted by Gasteiger charge is -2.01. The van der Waals surface area contributed by atoms with Gasteiger partial charge < -0.3 is 9.67 Å². The summed E-state index contributed by atoms with van der Waals surface area (Å²) in [7, 11) is 0. The fourth-order valence-corrected chi connectivity index (χ4v) is 3.47. The standard InChI is InChI=1S/C15H13N3OS.C7H6O2/c1-11-5-14(9-19)18(7-11)8-13-10-20-15(17-13)12-3-2-4-16-6-12;8-7(9)6-4-2-1-3-5-6/h2-7,9-10H,8H2,1H3;1-5H,(H,8,9). The number of aldehydes is 1. The lowest BCUT2D eigenvalue weighted by molar-refractivity contribution is 0.0696. The molecule has 3 aromatic heterocycles. The van der Waals surface area contributed by atoms with Crippen LogP contribution in [0.2, 0.25) is 0 Å². The van der Waals surface area contributed by atoms with Crippen LogP contribution in [0.25, 0.3) is 10.6 Å². The number of pyridine rings is 1. The van der Waals surface area contributed by atoms with Crippen molar-refractivity contribution in [1.29, 1.82) is 0 Å². The fourth-order valence-electron chi connectivity index (χ4n) is 2.67. The van der Waals surface area contributed by atoms with Gasteiger partial charge in [-0.05, 0) is 42.8 Å². The molecule has 0 amide bonds. The summed E-state index contributed by atoms with van der Waals surface area (Å²) in [6.45, 7) is 2.59. The lowest BCUT2D eigenvalue weighted by atomic mass is 10.2. The number of thiazole rings is 1. The van der Waals surface area contributed by atoms with Crippen LogP contribution >= 0.6 is 11.3 Å². The number of carboxylic acids is 1. The molecule has 0 saturated heterocycles. The van der Waals surface area contributed by atoms with Gasteiger partial charge in [-0.15, -0.1) is 11.3 Å². The second-order valence-corrected chi connectivity index (χ2v) is 7.10. The highest BCUT2D eigenvalue weighted by atomic mass is 32.1. The monoisotopic (exact) mass is 405 g/mol. The molecule has 0 fully saturated rings. The summed E-state index contributed by atoms with van der Waals surface area (Å²) in [4.78, 5) is 29.9. The van der Waals surface area contributed by atoms with E-state index in [-0.39, 0.29) is 0 Å². The van der Waals surface area contributed by atoms with Crippen LogP contribution in [0.3, 0.4) is 0 Å². The van der Waals surface area contributed by atoms with Crippen LogP contribution in [0.15, 0.2) is 72.5 Å². The normalized spacial score (nSPS) is 10.1. The third kappa shape index (κ3) is 5.46. The molecule has 1 N–H and O–H groups in total. The van der Waals surface area contributed by atoms with E-state index < -0.39 is 5.97 Å². The van der Waals surface area contributed by atoms with Gasteiger partial charge >= 0.3 is 5.97 Å². The summed E-state index contributed by atoms with van der Waals surface area (Å²) < 4.78 is 1.92. The number of rotatable bonds is 5. The number of aryl methyl sites for hydroxylation is 1. The molecule has 0 saturated carbocycles. The van der Waals surface area contributed by atoms with Crippen molar-refractivity contribution < 1.29 is 14.7 Å². The predicted molar refractivity (Wildman–Crippen MR) is 112 cm³/mol. The largest absolute Gasteiger partial charge is 0.478 e. The number of aromatic nitrogens is 3. The summed E-state index contributed by atoms with van der Waals surface area (Å²) in [5.41, 5.74) is 4.06. The van der Waals surface area contributed by atoms with E-state index >= 15 is 0 Å². The molecule has 0 aliphatic heterocycles. The first-order chi connectivity index (χ1) is 14.1. The van der Waals surface area contributed by atoms with Gasteiger partial charge in [0.2, 0.25) is 0 Å². The van der Waals surface area contributed by atoms with Crippen LogP contribution in [0.5, 0.6) is 0 Å². The van der Waals surface area contributed by atoms with Gasteiger partial charge in [-0.3, -0.25) is 9.78 Å². The minimum absolute atomic E-state index is 0.331. The van der Waals surface area contributed by atoms with Gasteiger partial charge in [0, 0.05) is 29.5 Å². The number of benzene rings is 1. The number of hydrogen-bond donors (Lipinski definition) is 1. The average Bonchev–Trinajstić information content (AvgIpc) is 3.36. The Labute approximate surface area is 172 Å². The van der Waals surface area contributed by atoms with Crippen LogP contribution in [0.1, 0.15) is 32.1 Å². The van der Waals surface area contributed by atoms with Crippen molar-refractivity contribution in [3.05, 3.63) is 95.0 Å². The molecule has 29 heavy (non-hydrogen) atoms. The number of carbonyl (C=O) groups excluding carboxylic acids is 1. The van der Waals surface area contributed by atoms with E-state index in [1.807, 2.05) is 41.3 Å². The van der Waals surface area contributed by atoms with Gasteiger partial charge in [0.05, 0.1) is 23.5 Å². The van der Waals surface area contributed by atoms with Crippen molar-refractivity contribution >= 4 is 23.6 Å². The van der Waals surface area contributed by atoms with Gasteiger partial charge in [0.25, 0.3) is 0 Å². The first-order valence-electron chi connectivity index (χ1n) is 8.82. The molecule has 4 aromatic rings. The maximum atomic E-state index is 11.0. The van der Waals surface area contributed by atoms with Crippen molar-refractivity contribution in [3.8, 4) is 10.6 Å². The van der Waals surface area contributed by atoms with Crippen LogP contribution in [-0.4, -0.2) is 31.9 Å². The third-order valence-corrected chi connectivity index (χ3v) is 4.94. The fraction of sp³-hybridized carbons (Fsp3) is 0.0909. The highest BCUT2D eigenvalue weighted by molar-refractivity contribution is 7.13. The van der Waals surface area contributed by atoms with Gasteiger partial charge in [-0.25, -0.2) is 9.78 Å². The maximum Gasteiger partial charge on any atom is 0.335 e. The molecular weight excluding hydrogens is 386 g/mol. The Morgan fingerprint density at radius 2 is 2.00 bits per heavy atom. The number of hydrogen-bond acceptors (Lipinski definition) is 5. The van der Waals surface area contributed by atoms with E-state index in [1.54, 1.807) is 54.1 Å². The smallest absolute Gasteiger partial charge is 0.335 e. The number of nitrogens with zero attached hydrogens (tertiary/aromatic N) is 3. The number of aromatic carboxylic acids is 1. The Morgan fingerprint density at radius 1 is 1.21 bits per heavy atom. The molecule has 146 valence electrons. The van der Waals surface area contributed by atoms with Gasteiger partial charge in [0.1, 0.15) is 5.01 Å².